The van der Waals surface area contributed by atoms with Gasteiger partial charge in [0.1, 0.15) is 0 Å². The van der Waals surface area contributed by atoms with Crippen molar-refractivity contribution in [1.29, 1.82) is 0 Å². The van der Waals surface area contributed by atoms with Gasteiger partial charge in [0.25, 0.3) is 0 Å². The number of rotatable bonds is 0. The topological polar surface area (TPSA) is 150 Å². The molecule has 0 bridgehead atoms. The van der Waals surface area contributed by atoms with E-state index < -0.39 is 6.16 Å². The molecular weight excluding hydrogens is 128 g/mol. The molecular formula is C2H9N4O3+. The summed E-state index contributed by atoms with van der Waals surface area (Å²) in [5.74, 6) is 4.67. The molecule has 9 heavy (non-hydrogen) atoms. The zero-order chi connectivity index (χ0) is 7.86. The lowest BCUT2D eigenvalue weighted by Gasteiger charge is -1.69. The molecule has 0 spiro atoms. The van der Waals surface area contributed by atoms with Crippen LogP contribution in [0.3, 0.4) is 0 Å². The van der Waals surface area contributed by atoms with Gasteiger partial charge in [0.2, 0.25) is 0 Å². The van der Waals surface area contributed by atoms with Crippen molar-refractivity contribution in [3.63, 3.8) is 0 Å². The number of carbonyl (C=O) groups is 1. The number of guanidine groups is 1. The van der Waals surface area contributed by atoms with Gasteiger partial charge in [0.15, 0.2) is 0 Å². The Kier molecular flexibility index (Phi) is 7.29. The van der Waals surface area contributed by atoms with Crippen LogP contribution in [0.2, 0.25) is 0 Å². The van der Waals surface area contributed by atoms with Crippen LogP contribution in [0.5, 0.6) is 0 Å². The van der Waals surface area contributed by atoms with Crippen molar-refractivity contribution in [2.45, 2.75) is 0 Å². The third kappa shape index (κ3) is 1030. The van der Waals surface area contributed by atoms with E-state index in [1.165, 1.54) is 0 Å². The van der Waals surface area contributed by atoms with Crippen LogP contribution in [0.15, 0.2) is 0 Å². The van der Waals surface area contributed by atoms with Gasteiger partial charge in [-0.15, -0.1) is 0 Å². The van der Waals surface area contributed by atoms with Crippen LogP contribution in [0.25, 0.3) is 0 Å². The largest absolute Gasteiger partial charge is 0.503 e. The molecule has 9 N–H and O–H groups in total. The van der Waals surface area contributed by atoms with Crippen LogP contribution in [-0.4, -0.2) is 22.3 Å². The van der Waals surface area contributed by atoms with Crippen LogP contribution in [0.4, 0.5) is 4.79 Å². The third-order valence-electron chi connectivity index (χ3n) is 0.167. The van der Waals surface area contributed by atoms with Gasteiger partial charge in [-0.3, -0.25) is 17.3 Å². The first-order valence-corrected chi connectivity index (χ1v) is 1.77. The van der Waals surface area contributed by atoms with Gasteiger partial charge in [0, 0.05) is 0 Å². The Balaban J connectivity index is 0. The Labute approximate surface area is 50.7 Å². The summed E-state index contributed by atoms with van der Waals surface area (Å²) in [6.07, 6.45) is -1.83. The van der Waals surface area contributed by atoms with Crippen LogP contribution in [0.1, 0.15) is 0 Å². The van der Waals surface area contributed by atoms with E-state index in [0.717, 1.165) is 0 Å². The van der Waals surface area contributed by atoms with Crippen molar-refractivity contribution < 1.29 is 20.1 Å². The molecule has 7 nitrogen and oxygen atoms in total. The fraction of sp³-hybridized carbons (Fsp3) is 0. The monoisotopic (exact) mass is 137 g/mol. The number of carboxylic acid groups (broad SMARTS) is 2. The molecule has 0 amide bonds. The molecule has 7 heteroatoms. The maximum absolute atomic E-state index is 8.56. The number of nitrogens with one attached hydrogen (secondary N) is 1. The lowest BCUT2D eigenvalue weighted by molar-refractivity contribution is -0.471. The highest BCUT2D eigenvalue weighted by atomic mass is 16.6. The Morgan fingerprint density at radius 2 is 1.44 bits per heavy atom. The van der Waals surface area contributed by atoms with E-state index in [-0.39, 0.29) is 5.96 Å². The summed E-state index contributed by atoms with van der Waals surface area (Å²) in [6, 6.07) is 0. The van der Waals surface area contributed by atoms with Crippen LogP contribution >= 0.6 is 0 Å². The molecule has 0 aliphatic carbocycles. The first-order valence-electron chi connectivity index (χ1n) is 1.77. The van der Waals surface area contributed by atoms with Crippen molar-refractivity contribution in [3.05, 3.63) is 0 Å². The second-order valence-corrected chi connectivity index (χ2v) is 0.882. The van der Waals surface area contributed by atoms with E-state index in [1.807, 2.05) is 5.10 Å². The predicted octanol–water partition coefficient (Wildman–Crippen LogP) is -3.56. The van der Waals surface area contributed by atoms with E-state index in [1.54, 1.807) is 0 Å². The Morgan fingerprint density at radius 1 is 1.33 bits per heavy atom. The first-order chi connectivity index (χ1) is 4.00. The minimum atomic E-state index is -1.83. The summed E-state index contributed by atoms with van der Waals surface area (Å²) >= 11 is 0. The van der Waals surface area contributed by atoms with Crippen molar-refractivity contribution in [3.8, 4) is 0 Å². The van der Waals surface area contributed by atoms with E-state index in [2.05, 4.69) is 5.84 Å². The number of hydrogen-bond donors (Lipinski definition) is 6. The van der Waals surface area contributed by atoms with Crippen molar-refractivity contribution in [2.75, 3.05) is 0 Å². The molecule has 0 fully saturated rings. The lowest BCUT2D eigenvalue weighted by Crippen LogP contribution is -2.84. The van der Waals surface area contributed by atoms with Gasteiger partial charge < -0.3 is 10.2 Å². The van der Waals surface area contributed by atoms with E-state index in [0.29, 0.717) is 0 Å². The van der Waals surface area contributed by atoms with Gasteiger partial charge in [0.05, 0.1) is 0 Å². The van der Waals surface area contributed by atoms with E-state index in [4.69, 9.17) is 26.5 Å². The lowest BCUT2D eigenvalue weighted by atomic mass is 11.1. The Morgan fingerprint density at radius 3 is 1.44 bits per heavy atom. The fourth-order valence-corrected chi connectivity index (χ4v) is 0. The number of hydrazine groups is 1. The zero-order valence-electron chi connectivity index (χ0n) is 4.53. The Bertz CT molecular complexity index is 102. The molecule has 0 aliphatic heterocycles. The molecule has 0 atom stereocenters. The fourth-order valence-electron chi connectivity index (χ4n) is 0. The summed E-state index contributed by atoms with van der Waals surface area (Å²) < 4.78 is 0. The average molecular weight is 137 g/mol. The maximum Gasteiger partial charge on any atom is 0.503 e. The standard InChI is InChI=1S/CH6N4.CH2O3/c2-1(3)5-4;2-1(3)4/h4H2,(H4,2,3,5);(H2,2,3,4)/p+1. The highest BCUT2D eigenvalue weighted by Crippen LogP contribution is 1.42. The van der Waals surface area contributed by atoms with Crippen molar-refractivity contribution >= 4 is 12.1 Å². The van der Waals surface area contributed by atoms with Gasteiger partial charge in [-0.1, -0.05) is 0 Å². The molecule has 0 aromatic rings. The molecule has 0 aliphatic rings. The highest BCUT2D eigenvalue weighted by Gasteiger charge is 1.72. The molecule has 0 heterocycles. The summed E-state index contributed by atoms with van der Waals surface area (Å²) in [4.78, 5) is 8.56. The van der Waals surface area contributed by atoms with Gasteiger partial charge in [-0.2, -0.15) is 5.10 Å². The van der Waals surface area contributed by atoms with E-state index in [9.17, 15) is 0 Å². The minimum absolute atomic E-state index is 0.0324. The Hall–Kier alpha value is -1.66. The number of hydrogen-bond acceptors (Lipinski definition) is 2. The summed E-state index contributed by atoms with van der Waals surface area (Å²) in [6.45, 7) is 0. The zero-order valence-corrected chi connectivity index (χ0v) is 4.53. The van der Waals surface area contributed by atoms with Gasteiger partial charge in [-0.25, -0.2) is 4.79 Å². The quantitative estimate of drug-likeness (QED) is 0.0879. The number of hydrazone groups is 1. The van der Waals surface area contributed by atoms with Crippen LogP contribution in [0, 0.1) is 0 Å². The minimum Gasteiger partial charge on any atom is -0.450 e. The summed E-state index contributed by atoms with van der Waals surface area (Å²) in [7, 11) is 0. The summed E-state index contributed by atoms with van der Waals surface area (Å²) in [5.41, 5.74) is 9.50. The molecule has 0 saturated carbocycles. The van der Waals surface area contributed by atoms with E-state index >= 15 is 0 Å². The highest BCUT2D eigenvalue weighted by molar-refractivity contribution is 5.68. The SMILES string of the molecule is N[NH+]=C(N)N.O=C(O)O. The second-order valence-electron chi connectivity index (χ2n) is 0.882. The van der Waals surface area contributed by atoms with Crippen LogP contribution in [-0.2, 0) is 0 Å². The van der Waals surface area contributed by atoms with Crippen molar-refractivity contribution in [2.24, 2.45) is 17.3 Å². The van der Waals surface area contributed by atoms with Gasteiger partial charge in [-0.05, 0) is 0 Å². The second kappa shape index (κ2) is 6.34. The molecule has 0 aromatic heterocycles. The maximum atomic E-state index is 8.56. The molecule has 0 radical (unpaired) electrons. The molecule has 54 valence electrons. The summed E-state index contributed by atoms with van der Waals surface area (Å²) in [5, 5.41) is 15.9. The number of nitrogens with two attached hydrogens (primary N) is 3. The molecule has 0 aromatic carbocycles. The average Bonchev–Trinajstić information content (AvgIpc) is 1.65. The predicted molar refractivity (Wildman–Crippen MR) is 29.2 cm³/mol. The normalized spacial score (nSPS) is 6.22. The van der Waals surface area contributed by atoms with Gasteiger partial charge >= 0.3 is 12.1 Å². The van der Waals surface area contributed by atoms with Crippen molar-refractivity contribution in [1.82, 2.24) is 0 Å². The molecule has 0 saturated heterocycles. The molecule has 0 unspecified atom stereocenters. The molecule has 0 rings (SSSR count). The van der Waals surface area contributed by atoms with Crippen LogP contribution < -0.4 is 22.4 Å². The smallest absolute Gasteiger partial charge is 0.450 e. The third-order valence-corrected chi connectivity index (χ3v) is 0.167. The first kappa shape index (κ1) is 10.3.